The maximum Gasteiger partial charge on any atom is 0.414 e. The summed E-state index contributed by atoms with van der Waals surface area (Å²) in [6.07, 6.45) is -4.39. The molecule has 1 unspecified atom stereocenters. The molecule has 0 bridgehead atoms. The van der Waals surface area contributed by atoms with Gasteiger partial charge in [-0.3, -0.25) is 9.69 Å². The number of imide groups is 1. The van der Waals surface area contributed by atoms with Gasteiger partial charge in [0.25, 0.3) is 12.3 Å². The van der Waals surface area contributed by atoms with E-state index >= 15 is 0 Å². The molecule has 3 amide bonds. The number of hydrogen-bond acceptors (Lipinski definition) is 7. The maximum absolute atomic E-state index is 13.4. The predicted molar refractivity (Wildman–Crippen MR) is 138 cm³/mol. The Morgan fingerprint density at radius 1 is 1.31 bits per heavy atom. The number of nitrogens with zero attached hydrogens (tertiary/aromatic N) is 3. The quantitative estimate of drug-likeness (QED) is 0.443. The Morgan fingerprint density at radius 2 is 2.05 bits per heavy atom. The molecule has 1 aromatic heterocycles. The zero-order valence-electron chi connectivity index (χ0n) is 21.7. The number of hydrogen-bond donors (Lipinski definition) is 2. The average Bonchev–Trinajstić information content (AvgIpc) is 3.48. The van der Waals surface area contributed by atoms with Crippen molar-refractivity contribution in [2.45, 2.75) is 58.2 Å². The molecule has 3 heterocycles. The van der Waals surface area contributed by atoms with E-state index in [1.807, 2.05) is 0 Å². The summed E-state index contributed by atoms with van der Waals surface area (Å²) in [7, 11) is 0. The van der Waals surface area contributed by atoms with Gasteiger partial charge in [-0.25, -0.2) is 28.3 Å². The Labute approximate surface area is 228 Å². The Hall–Kier alpha value is -3.51. The third-order valence-corrected chi connectivity index (χ3v) is 6.61. The van der Waals surface area contributed by atoms with Gasteiger partial charge in [-0.1, -0.05) is 17.7 Å². The molecule has 1 aromatic carbocycles. The van der Waals surface area contributed by atoms with Gasteiger partial charge in [-0.15, -0.1) is 0 Å². The molecule has 0 spiro atoms. The first-order valence-electron chi connectivity index (χ1n) is 12.3. The number of ether oxygens (including phenoxy) is 2. The van der Waals surface area contributed by atoms with E-state index < -0.39 is 36.7 Å². The van der Waals surface area contributed by atoms with E-state index in [0.29, 0.717) is 35.8 Å². The fourth-order valence-electron chi connectivity index (χ4n) is 4.52. The first kappa shape index (κ1) is 28.5. The molecule has 2 aliphatic rings. The Bertz CT molecular complexity index is 1280. The minimum atomic E-state index is -2.79. The lowest BCUT2D eigenvalue weighted by Crippen LogP contribution is -2.39. The molecule has 2 aliphatic heterocycles. The molecule has 2 N–H and O–H groups in total. The topological polar surface area (TPSA) is 121 Å². The van der Waals surface area contributed by atoms with Crippen molar-refractivity contribution in [2.24, 2.45) is 0 Å². The second kappa shape index (κ2) is 11.3. The summed E-state index contributed by atoms with van der Waals surface area (Å²) in [5, 5.41) is 12.7. The Morgan fingerprint density at radius 3 is 2.67 bits per heavy atom. The zero-order chi connectivity index (χ0) is 28.5. The van der Waals surface area contributed by atoms with Crippen LogP contribution < -0.4 is 5.32 Å². The highest BCUT2D eigenvalue weighted by Crippen LogP contribution is 2.36. The number of carbonyl (C=O) groups excluding carboxylic acids is 2. The van der Waals surface area contributed by atoms with Crippen LogP contribution in [0.15, 0.2) is 24.3 Å². The number of nitrogens with one attached hydrogen (secondary N) is 1. The van der Waals surface area contributed by atoms with Crippen LogP contribution in [0.4, 0.5) is 29.9 Å². The van der Waals surface area contributed by atoms with Gasteiger partial charge in [0.15, 0.2) is 0 Å². The number of halogens is 3. The number of carboxylic acid groups (broad SMARTS) is 1. The number of anilines is 2. The van der Waals surface area contributed by atoms with Crippen molar-refractivity contribution in [2.75, 3.05) is 25.1 Å². The van der Waals surface area contributed by atoms with Gasteiger partial charge < -0.3 is 19.9 Å². The summed E-state index contributed by atoms with van der Waals surface area (Å²) < 4.78 is 37.7. The number of benzene rings is 1. The molecule has 10 nitrogen and oxygen atoms in total. The lowest BCUT2D eigenvalue weighted by Gasteiger charge is -2.28. The van der Waals surface area contributed by atoms with Crippen LogP contribution in [0.2, 0.25) is 5.02 Å². The van der Waals surface area contributed by atoms with Crippen molar-refractivity contribution in [3.63, 3.8) is 0 Å². The smallest absolute Gasteiger partial charge is 0.414 e. The third-order valence-electron chi connectivity index (χ3n) is 6.25. The second-order valence-corrected chi connectivity index (χ2v) is 10.7. The van der Waals surface area contributed by atoms with E-state index in [-0.39, 0.29) is 41.1 Å². The number of alkyl halides is 2. The largest absolute Gasteiger partial charge is 0.465 e. The number of pyridine rings is 1. The normalized spacial score (nSPS) is 16.9. The van der Waals surface area contributed by atoms with Crippen LogP contribution in [0.3, 0.4) is 0 Å². The molecular weight excluding hydrogens is 538 g/mol. The standard InChI is InChI=1S/C26H29ClF2N4O6/c1-26(2,3)39-25(37)32(12-20(28)29)11-19-15(14-8-9-38-13-14)4-7-21(31-19)30-18-6-5-17(27)16-10-33(24(35)36)23(34)22(16)18/h4-7,14,20H,8-13H2,1-3H3,(H,30,31)(H,35,36). The molecule has 0 saturated carbocycles. The van der Waals surface area contributed by atoms with Crippen LogP contribution in [0.1, 0.15) is 60.3 Å². The summed E-state index contributed by atoms with van der Waals surface area (Å²) in [4.78, 5) is 43.3. The number of rotatable bonds is 7. The lowest BCUT2D eigenvalue weighted by atomic mass is 9.96. The van der Waals surface area contributed by atoms with Crippen LogP contribution in [0, 0.1) is 0 Å². The van der Waals surface area contributed by atoms with Gasteiger partial charge in [0.2, 0.25) is 0 Å². The summed E-state index contributed by atoms with van der Waals surface area (Å²) in [5.74, 6) is -0.505. The van der Waals surface area contributed by atoms with Crippen LogP contribution in [-0.4, -0.2) is 69.8 Å². The van der Waals surface area contributed by atoms with Crippen LogP contribution in [0.25, 0.3) is 0 Å². The second-order valence-electron chi connectivity index (χ2n) is 10.3. The number of amides is 3. The minimum Gasteiger partial charge on any atom is -0.465 e. The molecular formula is C26H29ClF2N4O6. The van der Waals surface area contributed by atoms with Gasteiger partial charge in [-0.2, -0.15) is 0 Å². The van der Waals surface area contributed by atoms with E-state index in [0.717, 1.165) is 10.5 Å². The lowest BCUT2D eigenvalue weighted by molar-refractivity contribution is 0.00780. The van der Waals surface area contributed by atoms with E-state index in [1.54, 1.807) is 39.0 Å². The number of fused-ring (bicyclic) bond motifs is 1. The van der Waals surface area contributed by atoms with Crippen LogP contribution >= 0.6 is 11.6 Å². The summed E-state index contributed by atoms with van der Waals surface area (Å²) in [6.45, 7) is 4.62. The number of carbonyl (C=O) groups is 3. The summed E-state index contributed by atoms with van der Waals surface area (Å²) in [6, 6.07) is 6.52. The van der Waals surface area contributed by atoms with E-state index in [2.05, 4.69) is 10.3 Å². The maximum atomic E-state index is 13.4. The summed E-state index contributed by atoms with van der Waals surface area (Å²) in [5.41, 5.74) is 0.982. The molecule has 13 heteroatoms. The fraction of sp³-hybridized carbons (Fsp3) is 0.462. The molecule has 1 fully saturated rings. The van der Waals surface area contributed by atoms with Gasteiger partial charge in [0, 0.05) is 23.1 Å². The highest BCUT2D eigenvalue weighted by Gasteiger charge is 2.36. The SMILES string of the molecule is CC(C)(C)OC(=O)N(Cc1nc(Nc2ccc(Cl)c3c2C(=O)N(C(=O)O)C3)ccc1C1CCOC1)CC(F)F. The minimum absolute atomic E-state index is 0.0425. The highest BCUT2D eigenvalue weighted by molar-refractivity contribution is 6.32. The van der Waals surface area contributed by atoms with E-state index in [1.165, 1.54) is 6.07 Å². The van der Waals surface area contributed by atoms with Crippen molar-refractivity contribution in [1.82, 2.24) is 14.8 Å². The average molecular weight is 567 g/mol. The molecule has 39 heavy (non-hydrogen) atoms. The van der Waals surface area contributed by atoms with Crippen LogP contribution in [0.5, 0.6) is 0 Å². The molecule has 210 valence electrons. The molecule has 0 aliphatic carbocycles. The first-order chi connectivity index (χ1) is 18.3. The van der Waals surface area contributed by atoms with Crippen molar-refractivity contribution in [1.29, 1.82) is 0 Å². The third kappa shape index (κ3) is 6.56. The van der Waals surface area contributed by atoms with Gasteiger partial charge in [0.1, 0.15) is 11.4 Å². The molecule has 4 rings (SSSR count). The van der Waals surface area contributed by atoms with Gasteiger partial charge in [-0.05, 0) is 51.0 Å². The first-order valence-corrected chi connectivity index (χ1v) is 12.7. The molecule has 0 radical (unpaired) electrons. The Kier molecular flexibility index (Phi) is 8.26. The molecule has 1 saturated heterocycles. The molecule has 2 aromatic rings. The number of aromatic nitrogens is 1. The Balaban J connectivity index is 1.69. The monoisotopic (exact) mass is 566 g/mol. The van der Waals surface area contributed by atoms with Gasteiger partial charge >= 0.3 is 12.2 Å². The highest BCUT2D eigenvalue weighted by atomic mass is 35.5. The van der Waals surface area contributed by atoms with E-state index in [4.69, 9.17) is 21.1 Å². The fourth-order valence-corrected chi connectivity index (χ4v) is 4.74. The van der Waals surface area contributed by atoms with Crippen molar-refractivity contribution < 1.29 is 37.7 Å². The van der Waals surface area contributed by atoms with Crippen molar-refractivity contribution >= 4 is 41.2 Å². The predicted octanol–water partition coefficient (Wildman–Crippen LogP) is 5.62. The summed E-state index contributed by atoms with van der Waals surface area (Å²) >= 11 is 6.24. The van der Waals surface area contributed by atoms with E-state index in [9.17, 15) is 28.3 Å². The molecule has 1 atom stereocenters. The van der Waals surface area contributed by atoms with Gasteiger partial charge in [0.05, 0.1) is 43.2 Å². The van der Waals surface area contributed by atoms with Crippen LogP contribution in [-0.2, 0) is 22.6 Å². The van der Waals surface area contributed by atoms with Crippen molar-refractivity contribution in [3.8, 4) is 0 Å². The van der Waals surface area contributed by atoms with Crippen molar-refractivity contribution in [3.05, 3.63) is 51.7 Å². The zero-order valence-corrected chi connectivity index (χ0v) is 22.4.